The number of nitrogens with zero attached hydrogens (tertiary/aromatic N) is 3. The summed E-state index contributed by atoms with van der Waals surface area (Å²) in [7, 11) is 0. The molecule has 0 spiro atoms. The maximum Gasteiger partial charge on any atom is 0.273 e. The van der Waals surface area contributed by atoms with Crippen molar-refractivity contribution >= 4 is 18.3 Å². The Balaban J connectivity index is 0.00000192. The average molecular weight is 342 g/mol. The zero-order valence-electron chi connectivity index (χ0n) is 13.8. The number of halogens is 1. The van der Waals surface area contributed by atoms with Gasteiger partial charge in [-0.3, -0.25) is 4.79 Å². The molecular formula is C16H28ClN5O. The first-order valence-electron chi connectivity index (χ1n) is 8.66. The molecule has 0 radical (unpaired) electrons. The Morgan fingerprint density at radius 2 is 2.00 bits per heavy atom. The maximum absolute atomic E-state index is 12.4. The predicted octanol–water partition coefficient (Wildman–Crippen LogP) is 2.32. The van der Waals surface area contributed by atoms with Gasteiger partial charge in [-0.15, -0.1) is 17.5 Å². The van der Waals surface area contributed by atoms with E-state index in [4.69, 9.17) is 0 Å². The highest BCUT2D eigenvalue weighted by molar-refractivity contribution is 5.92. The molecule has 2 heterocycles. The van der Waals surface area contributed by atoms with Crippen molar-refractivity contribution in [2.45, 2.75) is 64.0 Å². The number of hydrogen-bond acceptors (Lipinski definition) is 4. The average Bonchev–Trinajstić information content (AvgIpc) is 2.95. The molecule has 1 aromatic rings. The van der Waals surface area contributed by atoms with Gasteiger partial charge in [0.2, 0.25) is 0 Å². The van der Waals surface area contributed by atoms with E-state index in [-0.39, 0.29) is 18.3 Å². The summed E-state index contributed by atoms with van der Waals surface area (Å²) in [5, 5.41) is 14.7. The van der Waals surface area contributed by atoms with Crippen molar-refractivity contribution in [1.82, 2.24) is 25.6 Å². The molecule has 1 amide bonds. The first-order valence-corrected chi connectivity index (χ1v) is 8.66. The van der Waals surface area contributed by atoms with Crippen molar-refractivity contribution in [2.24, 2.45) is 5.92 Å². The van der Waals surface area contributed by atoms with Crippen molar-refractivity contribution in [3.05, 3.63) is 11.9 Å². The van der Waals surface area contributed by atoms with Gasteiger partial charge in [-0.25, -0.2) is 4.68 Å². The number of rotatable bonds is 3. The summed E-state index contributed by atoms with van der Waals surface area (Å²) in [5.74, 6) is 0.711. The number of hydrogen-bond donors (Lipinski definition) is 2. The molecule has 2 atom stereocenters. The number of piperidine rings is 1. The Kier molecular flexibility index (Phi) is 6.84. The molecule has 2 N–H and O–H groups in total. The Hall–Kier alpha value is -1.14. The van der Waals surface area contributed by atoms with Gasteiger partial charge >= 0.3 is 0 Å². The van der Waals surface area contributed by atoms with E-state index in [0.717, 1.165) is 44.7 Å². The lowest BCUT2D eigenvalue weighted by Gasteiger charge is -2.22. The fourth-order valence-corrected chi connectivity index (χ4v) is 3.52. The third kappa shape index (κ3) is 4.91. The lowest BCUT2D eigenvalue weighted by molar-refractivity contribution is 0.0928. The van der Waals surface area contributed by atoms with Crippen LogP contribution in [0.15, 0.2) is 6.20 Å². The van der Waals surface area contributed by atoms with Crippen LogP contribution in [-0.4, -0.2) is 40.0 Å². The minimum Gasteiger partial charge on any atom is -0.348 e. The summed E-state index contributed by atoms with van der Waals surface area (Å²) >= 11 is 0. The molecule has 130 valence electrons. The van der Waals surface area contributed by atoms with Crippen LogP contribution in [0.5, 0.6) is 0 Å². The van der Waals surface area contributed by atoms with Gasteiger partial charge in [0.15, 0.2) is 5.69 Å². The summed E-state index contributed by atoms with van der Waals surface area (Å²) in [6.45, 7) is 4.31. The van der Waals surface area contributed by atoms with Gasteiger partial charge in [0.1, 0.15) is 0 Å². The number of aromatic nitrogens is 3. The summed E-state index contributed by atoms with van der Waals surface area (Å²) in [4.78, 5) is 12.4. The Labute approximate surface area is 144 Å². The summed E-state index contributed by atoms with van der Waals surface area (Å²) < 4.78 is 1.87. The zero-order chi connectivity index (χ0) is 15.4. The van der Waals surface area contributed by atoms with E-state index in [2.05, 4.69) is 27.9 Å². The number of carbonyl (C=O) groups is 1. The third-order valence-electron chi connectivity index (χ3n) is 5.02. The second-order valence-electron chi connectivity index (χ2n) is 6.85. The molecule has 1 saturated carbocycles. The quantitative estimate of drug-likeness (QED) is 0.828. The van der Waals surface area contributed by atoms with Crippen LogP contribution >= 0.6 is 12.4 Å². The summed E-state index contributed by atoms with van der Waals surface area (Å²) in [5.41, 5.74) is 0.454. The van der Waals surface area contributed by atoms with Gasteiger partial charge in [0.05, 0.1) is 12.2 Å². The Bertz CT molecular complexity index is 500. The van der Waals surface area contributed by atoms with E-state index in [0.29, 0.717) is 17.8 Å². The molecule has 23 heavy (non-hydrogen) atoms. The van der Waals surface area contributed by atoms with Crippen LogP contribution in [0.2, 0.25) is 0 Å². The molecular weight excluding hydrogens is 314 g/mol. The minimum atomic E-state index is -0.0697. The van der Waals surface area contributed by atoms with Gasteiger partial charge in [-0.2, -0.15) is 0 Å². The fourth-order valence-electron chi connectivity index (χ4n) is 3.52. The van der Waals surface area contributed by atoms with Crippen molar-refractivity contribution in [1.29, 1.82) is 0 Å². The van der Waals surface area contributed by atoms with Gasteiger partial charge in [-0.1, -0.05) is 25.0 Å². The number of nitrogens with one attached hydrogen (secondary N) is 2. The van der Waals surface area contributed by atoms with E-state index in [9.17, 15) is 4.79 Å². The molecule has 3 rings (SSSR count). The van der Waals surface area contributed by atoms with Crippen molar-refractivity contribution < 1.29 is 4.79 Å². The van der Waals surface area contributed by atoms with Gasteiger partial charge in [0.25, 0.3) is 5.91 Å². The minimum absolute atomic E-state index is 0. The fraction of sp³-hybridized carbons (Fsp3) is 0.812. The summed E-state index contributed by atoms with van der Waals surface area (Å²) in [6, 6.07) is 0.663. The zero-order valence-corrected chi connectivity index (χ0v) is 14.6. The Morgan fingerprint density at radius 1 is 1.22 bits per heavy atom. The van der Waals surface area contributed by atoms with Crippen LogP contribution in [-0.2, 0) is 0 Å². The smallest absolute Gasteiger partial charge is 0.273 e. The highest BCUT2D eigenvalue weighted by atomic mass is 35.5. The molecule has 1 saturated heterocycles. The van der Waals surface area contributed by atoms with Crippen molar-refractivity contribution in [3.8, 4) is 0 Å². The SMILES string of the molecule is CC1CCCC(NC(=O)c2cn(C3CCNCC3)nn2)CC1.Cl. The molecule has 2 aliphatic rings. The van der Waals surface area contributed by atoms with E-state index < -0.39 is 0 Å². The predicted molar refractivity (Wildman–Crippen MR) is 91.9 cm³/mol. The molecule has 1 aliphatic heterocycles. The van der Waals surface area contributed by atoms with Crippen LogP contribution in [0.4, 0.5) is 0 Å². The molecule has 1 aromatic heterocycles. The summed E-state index contributed by atoms with van der Waals surface area (Å²) in [6.07, 6.45) is 9.74. The van der Waals surface area contributed by atoms with Crippen LogP contribution in [0.1, 0.15) is 68.4 Å². The first-order chi connectivity index (χ1) is 10.7. The van der Waals surface area contributed by atoms with E-state index in [1.54, 1.807) is 0 Å². The monoisotopic (exact) mass is 341 g/mol. The second-order valence-corrected chi connectivity index (χ2v) is 6.85. The van der Waals surface area contributed by atoms with Crippen molar-refractivity contribution in [3.63, 3.8) is 0 Å². The molecule has 6 nitrogen and oxygen atoms in total. The van der Waals surface area contributed by atoms with Crippen LogP contribution < -0.4 is 10.6 Å². The van der Waals surface area contributed by atoms with Crippen LogP contribution in [0, 0.1) is 5.92 Å². The highest BCUT2D eigenvalue weighted by Crippen LogP contribution is 2.23. The molecule has 2 unspecified atom stereocenters. The second kappa shape index (κ2) is 8.64. The molecule has 0 aromatic carbocycles. The standard InChI is InChI=1S/C16H27N5O.ClH/c1-12-3-2-4-13(6-5-12)18-16(22)15-11-21(20-19-15)14-7-9-17-10-8-14;/h11-14,17H,2-10H2,1H3,(H,18,22);1H. The van der Waals surface area contributed by atoms with Gasteiger partial charge < -0.3 is 10.6 Å². The molecule has 1 aliphatic carbocycles. The van der Waals surface area contributed by atoms with Gasteiger partial charge in [-0.05, 0) is 51.1 Å². The Morgan fingerprint density at radius 3 is 2.78 bits per heavy atom. The van der Waals surface area contributed by atoms with Crippen LogP contribution in [0.3, 0.4) is 0 Å². The first kappa shape index (κ1) is 18.2. The molecule has 7 heteroatoms. The lowest BCUT2D eigenvalue weighted by Crippen LogP contribution is -2.34. The van der Waals surface area contributed by atoms with Crippen LogP contribution in [0.25, 0.3) is 0 Å². The molecule has 2 fully saturated rings. The van der Waals surface area contributed by atoms with E-state index >= 15 is 0 Å². The molecule has 0 bridgehead atoms. The highest BCUT2D eigenvalue weighted by Gasteiger charge is 2.22. The number of amides is 1. The van der Waals surface area contributed by atoms with Crippen molar-refractivity contribution in [2.75, 3.05) is 13.1 Å². The van der Waals surface area contributed by atoms with Gasteiger partial charge in [0, 0.05) is 6.04 Å². The number of carbonyl (C=O) groups excluding carboxylic acids is 1. The lowest BCUT2D eigenvalue weighted by atomic mass is 10.0. The maximum atomic E-state index is 12.4. The van der Waals surface area contributed by atoms with E-state index in [1.807, 2.05) is 10.9 Å². The normalized spacial score (nSPS) is 26.1. The largest absolute Gasteiger partial charge is 0.348 e. The third-order valence-corrected chi connectivity index (χ3v) is 5.02. The topological polar surface area (TPSA) is 71.8 Å². The van der Waals surface area contributed by atoms with E-state index in [1.165, 1.54) is 19.3 Å².